The molecular formula is C127H162Cl4N4O5S6. The summed E-state index contributed by atoms with van der Waals surface area (Å²) < 4.78 is 8.24. The molecule has 0 fully saturated rings. The number of carbonyl (C=O) groups is 4. The normalized spacial score (nSPS) is 14.9. The van der Waals surface area contributed by atoms with E-state index in [1.807, 2.05) is 52.2 Å². The van der Waals surface area contributed by atoms with Gasteiger partial charge >= 0.3 is 5.82 Å². The van der Waals surface area contributed by atoms with E-state index >= 15 is 9.59 Å². The molecule has 8 aromatic rings. The topological polar surface area (TPSA) is 134 Å². The summed E-state index contributed by atoms with van der Waals surface area (Å²) in [5, 5.41) is 22.1. The number of unbranched alkanes of at least 4 members (excludes halogenated alkanes) is 54. The molecule has 0 atom stereocenters. The second kappa shape index (κ2) is 60.0. The zero-order valence-corrected chi connectivity index (χ0v) is 96.8. The minimum atomic E-state index is -0.833. The third-order valence-corrected chi connectivity index (χ3v) is 41.1. The number of allylic oxidation sites excluding steroid dienone is 5. The molecule has 13 rings (SSSR count). The van der Waals surface area contributed by atoms with Crippen LogP contribution in [0.25, 0.3) is 81.8 Å². The number of fused-ring (bicyclic) bond motifs is 11. The van der Waals surface area contributed by atoms with Crippen LogP contribution in [0.4, 0.5) is 0 Å². The Kier molecular flexibility index (Phi) is 47.8. The average Bonchev–Trinajstić information content (AvgIpc) is 1.55. The smallest absolute Gasteiger partial charge is 0.481 e. The Morgan fingerprint density at radius 2 is 0.555 bits per heavy atom. The Bertz CT molecular complexity index is 5890. The number of ketones is 4. The van der Waals surface area contributed by atoms with Gasteiger partial charge in [0, 0.05) is 89.6 Å². The number of hydrogen-bond acceptors (Lipinski definition) is 13. The molecule has 0 N–H and O–H groups in total. The highest BCUT2D eigenvalue weighted by Crippen LogP contribution is 2.64. The first-order valence-corrected chi connectivity index (χ1v) is 64.0. The van der Waals surface area contributed by atoms with Gasteiger partial charge < -0.3 is 4.74 Å². The fourth-order valence-electron chi connectivity index (χ4n) is 23.7. The van der Waals surface area contributed by atoms with Crippen molar-refractivity contribution < 1.29 is 23.9 Å². The molecule has 2 aromatic carbocycles. The monoisotopic (exact) mass is 2150 g/mol. The van der Waals surface area contributed by atoms with E-state index in [9.17, 15) is 20.1 Å². The highest BCUT2D eigenvalue weighted by atomic mass is 35.5. The minimum Gasteiger partial charge on any atom is -0.481 e. The predicted octanol–water partition coefficient (Wildman–Crippen LogP) is 45.2. The van der Waals surface area contributed by atoms with E-state index in [1.165, 1.54) is 321 Å². The van der Waals surface area contributed by atoms with Crippen LogP contribution < -0.4 is 4.74 Å². The van der Waals surface area contributed by atoms with E-state index in [2.05, 4.69) is 87.6 Å². The Balaban J connectivity index is 0.969. The number of nitrogens with zero attached hydrogens (tertiary/aromatic N) is 4. The fourth-order valence-corrected chi connectivity index (χ4v) is 32.0. The molecule has 7 heterocycles. The van der Waals surface area contributed by atoms with Gasteiger partial charge in [-0.25, -0.2) is 0 Å². The summed E-state index contributed by atoms with van der Waals surface area (Å²) in [5.74, 6) is 0.279. The Labute approximate surface area is 921 Å². The van der Waals surface area contributed by atoms with Crippen molar-refractivity contribution >= 4 is 161 Å². The third kappa shape index (κ3) is 29.4. The molecule has 0 amide bonds. The van der Waals surface area contributed by atoms with Gasteiger partial charge in [-0.2, -0.15) is 20.2 Å². The zero-order chi connectivity index (χ0) is 103. The summed E-state index contributed by atoms with van der Waals surface area (Å²) in [6.07, 6.45) is 80.2. The van der Waals surface area contributed by atoms with Crippen LogP contribution in [0, 0.1) is 35.8 Å². The van der Waals surface area contributed by atoms with Gasteiger partial charge in [0.25, 0.3) is 0 Å². The van der Waals surface area contributed by atoms with Crippen LogP contribution in [0.3, 0.4) is 0 Å². The van der Waals surface area contributed by atoms with E-state index in [0.29, 0.717) is 32.0 Å². The first kappa shape index (κ1) is 116. The van der Waals surface area contributed by atoms with Crippen molar-refractivity contribution in [1.82, 2.24) is 0 Å². The van der Waals surface area contributed by atoms with Gasteiger partial charge in [0.1, 0.15) is 42.2 Å². The Hall–Kier alpha value is -6.80. The molecule has 0 unspecified atom stereocenters. The number of thiophene rings is 6. The van der Waals surface area contributed by atoms with Crippen LogP contribution in [0.15, 0.2) is 83.2 Å². The number of rotatable bonds is 70. The summed E-state index contributed by atoms with van der Waals surface area (Å²) >= 11 is 37.2. The molecule has 0 bridgehead atoms. The van der Waals surface area contributed by atoms with Gasteiger partial charge in [-0.1, -0.05) is 460 Å². The molecule has 6 aromatic heterocycles. The summed E-state index contributed by atoms with van der Waals surface area (Å²) in [7, 11) is 0. The number of hydrogen-bond donors (Lipinski definition) is 0. The predicted molar refractivity (Wildman–Crippen MR) is 630 cm³/mol. The van der Waals surface area contributed by atoms with Crippen LogP contribution in [-0.2, 0) is 16.4 Å². The van der Waals surface area contributed by atoms with Crippen molar-refractivity contribution in [3.8, 4) is 66.7 Å². The third-order valence-electron chi connectivity index (χ3n) is 32.0. The molecule has 0 saturated heterocycles. The number of Topliss-reactive ketones (excluding diaryl/α,β-unsaturated/α-hetero) is 4. The van der Waals surface area contributed by atoms with Gasteiger partial charge in [-0.05, 0) is 140 Å². The SMILES string of the molecule is [C-]#[N+]C([N+]#[C-])=C1/C(=C/c2cc3c(s2)-c2sc(-c4cc5c(s4)-c4sc(-c6cc7c(s6)-c6sc(/C=C8\C(=O)c9cc(Cl)c(Cl)cc9C8=C(C#N)C#N)cc6C(=O)C7(CCCCCCCCCCCC)CCCCCCCCCCCC)cc4C(CCCCCCCCCCCC)(CCCCCCCCCCCC)O5)cc2C(CCCCCCCCCCCC)(CCCCCCCCCCCC)C3=O)C(=O)c2cc(Cl)c(Cl)cc21. The van der Waals surface area contributed by atoms with Crippen LogP contribution in [0.1, 0.15) is 544 Å². The van der Waals surface area contributed by atoms with E-state index in [4.69, 9.17) is 64.3 Å². The molecular weight excluding hydrogens is 2000 g/mol. The van der Waals surface area contributed by atoms with Crippen molar-refractivity contribution in [2.24, 2.45) is 0 Å². The minimum absolute atomic E-state index is 0.147. The Morgan fingerprint density at radius 3 is 0.856 bits per heavy atom. The lowest BCUT2D eigenvalue weighted by atomic mass is 9.65. The summed E-state index contributed by atoms with van der Waals surface area (Å²) in [6.45, 7) is 30.3. The standard InChI is InChI=1S/C127H162Cl4N4O5S6/c1-9-15-21-27-33-39-45-51-57-63-69-125(70-64-58-52-46-40-34-28-22-16-10-2)100-83-108(143-118(100)116-98(122(125)138)77-90(141-116)75-96-112(89(87-132)88-133)92-79-103(128)105(130)81-94(92)114(96)136)110-85-102-120(145-110)121-107(140-127(102,73-67-61-55-49-43-37-31-25-19-13-5)74-68-62-56-50-44-38-32-26-20-14-6)86-111(146-121)109-84-101-119(144-109)117-99(78-91(142-117)76-97-113(124(134-7)135-8)93-80-104(129)106(131)82-95(93)115(97)137)123(139)126(101,71-65-59-53-47-41-35-29-23-17-11-3)72-66-60-54-48-42-36-30-24-18-12-4/h75-86H,9-74H2,1-6H3/b96-75-,97-76-. The maximum atomic E-state index is 17.0. The van der Waals surface area contributed by atoms with Gasteiger partial charge in [-0.15, -0.1) is 68.0 Å². The van der Waals surface area contributed by atoms with Gasteiger partial charge in [0.05, 0.1) is 56.0 Å². The first-order chi connectivity index (χ1) is 71.3. The van der Waals surface area contributed by atoms with E-state index in [-0.39, 0.29) is 88.0 Å². The molecule has 0 spiro atoms. The van der Waals surface area contributed by atoms with Crippen LogP contribution in [-0.4, -0.2) is 23.1 Å². The largest absolute Gasteiger partial charge is 0.528 e. The second-order valence-electron chi connectivity index (χ2n) is 43.0. The lowest BCUT2D eigenvalue weighted by molar-refractivity contribution is 0.0398. The molecule has 19 heteroatoms. The molecule has 146 heavy (non-hydrogen) atoms. The second-order valence-corrected chi connectivity index (χ2v) is 51.0. The van der Waals surface area contributed by atoms with Crippen molar-refractivity contribution in [2.75, 3.05) is 0 Å². The lowest BCUT2D eigenvalue weighted by Crippen LogP contribution is -2.38. The van der Waals surface area contributed by atoms with Crippen LogP contribution in [0.5, 0.6) is 5.75 Å². The molecule has 5 aliphatic rings. The van der Waals surface area contributed by atoms with Gasteiger partial charge in [0.15, 0.2) is 23.1 Å². The van der Waals surface area contributed by atoms with Gasteiger partial charge in [-0.3, -0.25) is 19.2 Å². The maximum Gasteiger partial charge on any atom is 0.528 e. The quantitative estimate of drug-likeness (QED) is 0.0160. The molecule has 9 nitrogen and oxygen atoms in total. The number of carbonyl (C=O) groups excluding carboxylic acids is 4. The van der Waals surface area contributed by atoms with E-state index < -0.39 is 16.4 Å². The average molecular weight is 2160 g/mol. The van der Waals surface area contributed by atoms with E-state index in [0.717, 1.165) is 197 Å². The van der Waals surface area contributed by atoms with Crippen LogP contribution in [0.2, 0.25) is 20.1 Å². The molecule has 784 valence electrons. The Morgan fingerprint density at radius 1 is 0.301 bits per heavy atom. The summed E-state index contributed by atoms with van der Waals surface area (Å²) in [6, 6.07) is 24.4. The highest BCUT2D eigenvalue weighted by molar-refractivity contribution is 7.31. The highest BCUT2D eigenvalue weighted by Gasteiger charge is 2.52. The van der Waals surface area contributed by atoms with Crippen molar-refractivity contribution in [3.63, 3.8) is 0 Å². The number of nitriles is 2. The van der Waals surface area contributed by atoms with Crippen molar-refractivity contribution in [1.29, 1.82) is 10.5 Å². The summed E-state index contributed by atoms with van der Waals surface area (Å²) in [4.78, 5) is 83.5. The van der Waals surface area contributed by atoms with E-state index in [1.54, 1.807) is 41.7 Å². The van der Waals surface area contributed by atoms with Crippen molar-refractivity contribution in [2.45, 2.75) is 482 Å². The molecule has 0 radical (unpaired) electrons. The molecule has 1 aliphatic heterocycles. The summed E-state index contributed by atoms with van der Waals surface area (Å²) in [5.41, 5.74) is 4.56. The molecule has 4 aliphatic carbocycles. The van der Waals surface area contributed by atoms with Gasteiger partial charge in [0.2, 0.25) is 0 Å². The number of halogens is 4. The lowest BCUT2D eigenvalue weighted by Gasteiger charge is -2.38. The first-order valence-electron chi connectivity index (χ1n) is 57.6. The number of benzene rings is 2. The molecule has 0 saturated carbocycles. The van der Waals surface area contributed by atoms with Crippen molar-refractivity contribution in [3.05, 3.63) is 186 Å². The van der Waals surface area contributed by atoms with Crippen LogP contribution >= 0.6 is 114 Å². The maximum absolute atomic E-state index is 17.0. The fraction of sp³-hybridized carbons (Fsp3) is 0.591. The number of ether oxygens (including phenoxy) is 1. The zero-order valence-electron chi connectivity index (χ0n) is 88.9.